The van der Waals surface area contributed by atoms with Crippen molar-refractivity contribution in [3.63, 3.8) is 0 Å². The molecule has 1 aromatic rings. The first-order valence-electron chi connectivity index (χ1n) is 6.39. The fraction of sp³-hybridized carbons (Fsp3) is 0.357. The molecule has 21 heavy (non-hydrogen) atoms. The predicted octanol–water partition coefficient (Wildman–Crippen LogP) is 1.05. The van der Waals surface area contributed by atoms with Crippen LogP contribution in [0.1, 0.15) is 24.2 Å². The van der Waals surface area contributed by atoms with Crippen molar-refractivity contribution in [1.29, 1.82) is 0 Å². The number of rotatable bonds is 6. The lowest BCUT2D eigenvalue weighted by atomic mass is 10.2. The van der Waals surface area contributed by atoms with Crippen molar-refractivity contribution >= 4 is 17.8 Å². The van der Waals surface area contributed by atoms with Gasteiger partial charge in [-0.15, -0.1) is 0 Å². The second-order valence-corrected chi connectivity index (χ2v) is 3.92. The standard InChI is InChI=1S/C14H16FNO5/c1-3-20-13(18)11(14(19)21-4-2)16-12(17)9-6-5-7-10(15)8-9/h5-8,11H,3-4H2,1-2H3,(H,16,17). The van der Waals surface area contributed by atoms with Crippen LogP contribution < -0.4 is 5.32 Å². The molecule has 6 nitrogen and oxygen atoms in total. The highest BCUT2D eigenvalue weighted by Gasteiger charge is 2.31. The van der Waals surface area contributed by atoms with Crippen LogP contribution in [-0.4, -0.2) is 37.1 Å². The average Bonchev–Trinajstić information content (AvgIpc) is 2.44. The fourth-order valence-electron chi connectivity index (χ4n) is 1.51. The third kappa shape index (κ3) is 4.87. The molecule has 0 saturated carbocycles. The SMILES string of the molecule is CCOC(=O)C(NC(=O)c1cccc(F)c1)C(=O)OCC. The molecule has 0 unspecified atom stereocenters. The molecular weight excluding hydrogens is 281 g/mol. The summed E-state index contributed by atoms with van der Waals surface area (Å²) in [5.74, 6) is -3.24. The van der Waals surface area contributed by atoms with Crippen molar-refractivity contribution in [2.24, 2.45) is 0 Å². The Morgan fingerprint density at radius 1 is 1.14 bits per heavy atom. The molecule has 114 valence electrons. The summed E-state index contributed by atoms with van der Waals surface area (Å²) < 4.78 is 22.5. The van der Waals surface area contributed by atoms with E-state index in [9.17, 15) is 18.8 Å². The van der Waals surface area contributed by atoms with Gasteiger partial charge in [-0.1, -0.05) is 6.07 Å². The molecule has 7 heteroatoms. The molecule has 0 bridgehead atoms. The Morgan fingerprint density at radius 3 is 2.19 bits per heavy atom. The average molecular weight is 297 g/mol. The van der Waals surface area contributed by atoms with Gasteiger partial charge in [0.1, 0.15) is 5.82 Å². The first-order chi connectivity index (χ1) is 9.99. The van der Waals surface area contributed by atoms with Crippen molar-refractivity contribution < 1.29 is 28.2 Å². The topological polar surface area (TPSA) is 81.7 Å². The van der Waals surface area contributed by atoms with E-state index in [0.29, 0.717) is 0 Å². The van der Waals surface area contributed by atoms with Gasteiger partial charge < -0.3 is 14.8 Å². The van der Waals surface area contributed by atoms with Gasteiger partial charge in [0.25, 0.3) is 5.91 Å². The van der Waals surface area contributed by atoms with Crippen molar-refractivity contribution in [2.75, 3.05) is 13.2 Å². The van der Waals surface area contributed by atoms with E-state index in [0.717, 1.165) is 6.07 Å². The molecule has 0 heterocycles. The van der Waals surface area contributed by atoms with Crippen LogP contribution in [0.4, 0.5) is 4.39 Å². The molecule has 1 amide bonds. The minimum absolute atomic E-state index is 0.0198. The predicted molar refractivity (Wildman–Crippen MR) is 70.9 cm³/mol. The first kappa shape index (κ1) is 16.6. The van der Waals surface area contributed by atoms with Gasteiger partial charge in [0, 0.05) is 5.56 Å². The number of ether oxygens (including phenoxy) is 2. The largest absolute Gasteiger partial charge is 0.464 e. The Hall–Kier alpha value is -2.44. The summed E-state index contributed by atoms with van der Waals surface area (Å²) in [5.41, 5.74) is -0.0198. The van der Waals surface area contributed by atoms with Crippen LogP contribution in [0, 0.1) is 5.82 Å². The number of esters is 2. The van der Waals surface area contributed by atoms with Crippen LogP contribution in [0.25, 0.3) is 0 Å². The molecule has 0 aliphatic heterocycles. The quantitative estimate of drug-likeness (QED) is 0.627. The van der Waals surface area contributed by atoms with E-state index >= 15 is 0 Å². The van der Waals surface area contributed by atoms with Gasteiger partial charge in [-0.25, -0.2) is 14.0 Å². The normalized spacial score (nSPS) is 10.1. The van der Waals surface area contributed by atoms with E-state index in [1.165, 1.54) is 18.2 Å². The van der Waals surface area contributed by atoms with Crippen molar-refractivity contribution in [2.45, 2.75) is 19.9 Å². The fourth-order valence-corrected chi connectivity index (χ4v) is 1.51. The van der Waals surface area contributed by atoms with E-state index in [-0.39, 0.29) is 18.8 Å². The maximum absolute atomic E-state index is 13.1. The summed E-state index contributed by atoms with van der Waals surface area (Å²) in [4.78, 5) is 35.3. The minimum Gasteiger partial charge on any atom is -0.464 e. The van der Waals surface area contributed by atoms with Crippen LogP contribution in [-0.2, 0) is 19.1 Å². The molecular formula is C14H16FNO5. The molecule has 0 spiro atoms. The monoisotopic (exact) mass is 297 g/mol. The Bertz CT molecular complexity index is 514. The summed E-state index contributed by atoms with van der Waals surface area (Å²) in [6.07, 6.45) is 0. The number of carbonyl (C=O) groups excluding carboxylic acids is 3. The molecule has 0 saturated heterocycles. The molecule has 1 rings (SSSR count). The second kappa shape index (κ2) is 7.98. The van der Waals surface area contributed by atoms with Crippen LogP contribution in [0.5, 0.6) is 0 Å². The van der Waals surface area contributed by atoms with Gasteiger partial charge in [-0.3, -0.25) is 4.79 Å². The van der Waals surface area contributed by atoms with Gasteiger partial charge in [-0.2, -0.15) is 0 Å². The highest BCUT2D eigenvalue weighted by atomic mass is 19.1. The highest BCUT2D eigenvalue weighted by molar-refractivity contribution is 6.05. The number of amides is 1. The Balaban J connectivity index is 2.87. The van der Waals surface area contributed by atoms with Crippen LogP contribution in [0.15, 0.2) is 24.3 Å². The first-order valence-corrected chi connectivity index (χ1v) is 6.39. The maximum Gasteiger partial charge on any atom is 0.340 e. The van der Waals surface area contributed by atoms with E-state index < -0.39 is 29.7 Å². The molecule has 0 fully saturated rings. The maximum atomic E-state index is 13.1. The van der Waals surface area contributed by atoms with Gasteiger partial charge >= 0.3 is 11.9 Å². The third-order valence-electron chi connectivity index (χ3n) is 2.41. The summed E-state index contributed by atoms with van der Waals surface area (Å²) in [7, 11) is 0. The Kier molecular flexibility index (Phi) is 6.32. The van der Waals surface area contributed by atoms with Gasteiger partial charge in [0.2, 0.25) is 6.04 Å². The van der Waals surface area contributed by atoms with Crippen LogP contribution in [0.2, 0.25) is 0 Å². The van der Waals surface area contributed by atoms with Gasteiger partial charge in [0.05, 0.1) is 13.2 Å². The molecule has 0 aliphatic carbocycles. The number of hydrogen-bond donors (Lipinski definition) is 1. The Morgan fingerprint density at radius 2 is 1.71 bits per heavy atom. The van der Waals surface area contributed by atoms with Crippen molar-refractivity contribution in [3.8, 4) is 0 Å². The zero-order valence-electron chi connectivity index (χ0n) is 11.7. The lowest BCUT2D eigenvalue weighted by Crippen LogP contribution is -2.48. The van der Waals surface area contributed by atoms with E-state index in [2.05, 4.69) is 5.32 Å². The summed E-state index contributed by atoms with van der Waals surface area (Å²) in [6.45, 7) is 3.22. The molecule has 0 aliphatic rings. The van der Waals surface area contributed by atoms with Crippen LogP contribution in [0.3, 0.4) is 0 Å². The smallest absolute Gasteiger partial charge is 0.340 e. The van der Waals surface area contributed by atoms with Crippen LogP contribution >= 0.6 is 0 Å². The van der Waals surface area contributed by atoms with E-state index in [4.69, 9.17) is 9.47 Å². The number of benzene rings is 1. The minimum atomic E-state index is -1.58. The van der Waals surface area contributed by atoms with Gasteiger partial charge in [0.15, 0.2) is 0 Å². The zero-order valence-corrected chi connectivity index (χ0v) is 11.7. The molecule has 0 atom stereocenters. The van der Waals surface area contributed by atoms with Crippen molar-refractivity contribution in [1.82, 2.24) is 5.32 Å². The van der Waals surface area contributed by atoms with E-state index in [1.807, 2.05) is 0 Å². The zero-order chi connectivity index (χ0) is 15.8. The van der Waals surface area contributed by atoms with Gasteiger partial charge in [-0.05, 0) is 32.0 Å². The number of carbonyl (C=O) groups is 3. The third-order valence-corrected chi connectivity index (χ3v) is 2.41. The molecule has 1 N–H and O–H groups in total. The Labute approximate surface area is 121 Å². The highest BCUT2D eigenvalue weighted by Crippen LogP contribution is 2.05. The summed E-state index contributed by atoms with van der Waals surface area (Å²) >= 11 is 0. The number of nitrogens with one attached hydrogen (secondary N) is 1. The summed E-state index contributed by atoms with van der Waals surface area (Å²) in [6, 6.07) is 3.27. The molecule has 0 aromatic heterocycles. The molecule has 0 radical (unpaired) electrons. The number of hydrogen-bond acceptors (Lipinski definition) is 5. The van der Waals surface area contributed by atoms with E-state index in [1.54, 1.807) is 13.8 Å². The second-order valence-electron chi connectivity index (χ2n) is 3.92. The molecule has 1 aromatic carbocycles. The lowest BCUT2D eigenvalue weighted by Gasteiger charge is -2.15. The van der Waals surface area contributed by atoms with Crippen molar-refractivity contribution in [3.05, 3.63) is 35.6 Å². The lowest BCUT2D eigenvalue weighted by molar-refractivity contribution is -0.157. The summed E-state index contributed by atoms with van der Waals surface area (Å²) in [5, 5.41) is 2.17. The number of halogens is 1.